The zero-order chi connectivity index (χ0) is 13.1. The predicted molar refractivity (Wildman–Crippen MR) is 64.8 cm³/mol. The molecule has 0 fully saturated rings. The summed E-state index contributed by atoms with van der Waals surface area (Å²) in [6.07, 6.45) is 4.36. The van der Waals surface area contributed by atoms with Crippen molar-refractivity contribution in [2.45, 2.75) is 6.92 Å². The van der Waals surface area contributed by atoms with E-state index >= 15 is 0 Å². The summed E-state index contributed by atoms with van der Waals surface area (Å²) in [5, 5.41) is 11.6. The number of aromatic carboxylic acids is 1. The molecule has 18 heavy (non-hydrogen) atoms. The number of hydrogen-bond donors (Lipinski definition) is 2. The first-order valence-corrected chi connectivity index (χ1v) is 5.22. The lowest BCUT2D eigenvalue weighted by atomic mass is 10.1. The molecule has 1 heterocycles. The summed E-state index contributed by atoms with van der Waals surface area (Å²) in [4.78, 5) is 26.5. The maximum Gasteiger partial charge on any atom is 0.336 e. The zero-order valence-corrected chi connectivity index (χ0v) is 9.62. The fourth-order valence-electron chi connectivity index (χ4n) is 1.56. The fraction of sp³-hybridized carbons (Fsp3) is 0.0833. The number of rotatable bonds is 2. The Bertz CT molecular complexity index is 591. The van der Waals surface area contributed by atoms with Gasteiger partial charge >= 0.3 is 12.0 Å². The molecule has 1 amide bonds. The molecule has 6 nitrogen and oxygen atoms in total. The van der Waals surface area contributed by atoms with Crippen molar-refractivity contribution in [2.75, 3.05) is 5.32 Å². The number of carboxylic acid groups (broad SMARTS) is 1. The highest BCUT2D eigenvalue weighted by Crippen LogP contribution is 2.19. The van der Waals surface area contributed by atoms with Crippen LogP contribution >= 0.6 is 0 Å². The summed E-state index contributed by atoms with van der Waals surface area (Å²) in [6, 6.07) is 4.33. The lowest BCUT2D eigenvalue weighted by molar-refractivity contribution is 0.0696. The van der Waals surface area contributed by atoms with Crippen LogP contribution in [0.3, 0.4) is 0 Å². The first kappa shape index (κ1) is 11.8. The lowest BCUT2D eigenvalue weighted by Crippen LogP contribution is -2.19. The van der Waals surface area contributed by atoms with Gasteiger partial charge in [-0.15, -0.1) is 0 Å². The number of anilines is 1. The molecule has 0 saturated heterocycles. The second-order valence-corrected chi connectivity index (χ2v) is 3.68. The number of hydrogen-bond acceptors (Lipinski definition) is 3. The monoisotopic (exact) mass is 245 g/mol. The smallest absolute Gasteiger partial charge is 0.336 e. The van der Waals surface area contributed by atoms with Crippen molar-refractivity contribution in [2.24, 2.45) is 0 Å². The summed E-state index contributed by atoms with van der Waals surface area (Å²) in [7, 11) is 0. The molecule has 0 saturated carbocycles. The molecule has 0 aliphatic carbocycles. The summed E-state index contributed by atoms with van der Waals surface area (Å²) >= 11 is 0. The van der Waals surface area contributed by atoms with Gasteiger partial charge in [0.1, 0.15) is 6.33 Å². The Morgan fingerprint density at radius 3 is 2.78 bits per heavy atom. The van der Waals surface area contributed by atoms with Crippen molar-refractivity contribution in [1.82, 2.24) is 9.55 Å². The SMILES string of the molecule is Cc1c(NC(=O)n2ccnc2)cccc1C(=O)O. The Balaban J connectivity index is 2.27. The number of benzene rings is 1. The maximum absolute atomic E-state index is 11.8. The fourth-order valence-corrected chi connectivity index (χ4v) is 1.56. The molecule has 1 aromatic carbocycles. The van der Waals surface area contributed by atoms with Gasteiger partial charge in [-0.2, -0.15) is 0 Å². The van der Waals surface area contributed by atoms with Crippen LogP contribution in [-0.4, -0.2) is 26.7 Å². The molecule has 0 atom stereocenters. The van der Waals surface area contributed by atoms with E-state index in [0.29, 0.717) is 11.3 Å². The predicted octanol–water partition coefficient (Wildman–Crippen LogP) is 1.97. The van der Waals surface area contributed by atoms with E-state index < -0.39 is 12.0 Å². The Morgan fingerprint density at radius 1 is 1.39 bits per heavy atom. The van der Waals surface area contributed by atoms with E-state index in [1.807, 2.05) is 0 Å². The molecule has 0 bridgehead atoms. The highest BCUT2D eigenvalue weighted by molar-refractivity contribution is 5.96. The molecule has 0 radical (unpaired) electrons. The van der Waals surface area contributed by atoms with Crippen LogP contribution in [0.1, 0.15) is 15.9 Å². The summed E-state index contributed by atoms with van der Waals surface area (Å²) < 4.78 is 1.27. The van der Waals surface area contributed by atoms with E-state index in [0.717, 1.165) is 0 Å². The largest absolute Gasteiger partial charge is 0.478 e. The third kappa shape index (κ3) is 2.22. The van der Waals surface area contributed by atoms with E-state index in [1.165, 1.54) is 29.4 Å². The second-order valence-electron chi connectivity index (χ2n) is 3.68. The van der Waals surface area contributed by atoms with Crippen LogP contribution in [0, 0.1) is 6.92 Å². The maximum atomic E-state index is 11.8. The minimum atomic E-state index is -1.02. The molecule has 0 aliphatic rings. The Morgan fingerprint density at radius 2 is 2.17 bits per heavy atom. The van der Waals surface area contributed by atoms with Crippen LogP contribution in [-0.2, 0) is 0 Å². The summed E-state index contributed by atoms with van der Waals surface area (Å²) in [6.45, 7) is 1.65. The first-order chi connectivity index (χ1) is 8.59. The van der Waals surface area contributed by atoms with E-state index in [1.54, 1.807) is 19.1 Å². The summed E-state index contributed by atoms with van der Waals surface area (Å²) in [5.41, 5.74) is 1.14. The third-order valence-corrected chi connectivity index (χ3v) is 2.54. The molecule has 92 valence electrons. The molecular weight excluding hydrogens is 234 g/mol. The number of carbonyl (C=O) groups excluding carboxylic acids is 1. The van der Waals surface area contributed by atoms with Crippen molar-refractivity contribution in [3.63, 3.8) is 0 Å². The number of amides is 1. The molecular formula is C12H11N3O3. The van der Waals surface area contributed by atoms with Crippen LogP contribution in [0.2, 0.25) is 0 Å². The topological polar surface area (TPSA) is 84.2 Å². The van der Waals surface area contributed by atoms with Crippen LogP contribution in [0.5, 0.6) is 0 Å². The van der Waals surface area contributed by atoms with Gasteiger partial charge in [0.15, 0.2) is 0 Å². The highest BCUT2D eigenvalue weighted by Gasteiger charge is 2.12. The van der Waals surface area contributed by atoms with Gasteiger partial charge in [0.05, 0.1) is 5.56 Å². The quantitative estimate of drug-likeness (QED) is 0.847. The van der Waals surface area contributed by atoms with Gasteiger partial charge in [-0.1, -0.05) is 6.07 Å². The highest BCUT2D eigenvalue weighted by atomic mass is 16.4. The van der Waals surface area contributed by atoms with Crippen LogP contribution in [0.25, 0.3) is 0 Å². The number of nitrogens with zero attached hydrogens (tertiary/aromatic N) is 2. The van der Waals surface area contributed by atoms with Crippen molar-refractivity contribution < 1.29 is 14.7 Å². The van der Waals surface area contributed by atoms with Gasteiger partial charge in [0.2, 0.25) is 0 Å². The van der Waals surface area contributed by atoms with Crippen LogP contribution in [0.15, 0.2) is 36.9 Å². The molecule has 1 aromatic heterocycles. The number of carbonyl (C=O) groups is 2. The first-order valence-electron chi connectivity index (χ1n) is 5.22. The molecule has 0 spiro atoms. The minimum Gasteiger partial charge on any atom is -0.478 e. The van der Waals surface area contributed by atoms with Gasteiger partial charge in [0, 0.05) is 18.1 Å². The van der Waals surface area contributed by atoms with E-state index in [2.05, 4.69) is 10.3 Å². The zero-order valence-electron chi connectivity index (χ0n) is 9.62. The van der Waals surface area contributed by atoms with E-state index in [4.69, 9.17) is 5.11 Å². The van der Waals surface area contributed by atoms with Gasteiger partial charge < -0.3 is 10.4 Å². The minimum absolute atomic E-state index is 0.165. The number of imidazole rings is 1. The van der Waals surface area contributed by atoms with Gasteiger partial charge in [-0.25, -0.2) is 14.6 Å². The van der Waals surface area contributed by atoms with Gasteiger partial charge in [-0.3, -0.25) is 4.57 Å². The molecule has 2 aromatic rings. The van der Waals surface area contributed by atoms with Crippen molar-refractivity contribution in [1.29, 1.82) is 0 Å². The summed E-state index contributed by atoms with van der Waals surface area (Å²) in [5.74, 6) is -1.02. The lowest BCUT2D eigenvalue weighted by Gasteiger charge is -2.10. The van der Waals surface area contributed by atoms with Gasteiger partial charge in [0.25, 0.3) is 0 Å². The van der Waals surface area contributed by atoms with E-state index in [-0.39, 0.29) is 5.56 Å². The third-order valence-electron chi connectivity index (χ3n) is 2.54. The average Bonchev–Trinajstić information content (AvgIpc) is 2.85. The molecule has 6 heteroatoms. The molecule has 0 aliphatic heterocycles. The normalized spacial score (nSPS) is 10.1. The molecule has 0 unspecified atom stereocenters. The molecule has 2 rings (SSSR count). The van der Waals surface area contributed by atoms with Crippen molar-refractivity contribution in [3.8, 4) is 0 Å². The number of nitrogens with one attached hydrogen (secondary N) is 1. The van der Waals surface area contributed by atoms with Crippen molar-refractivity contribution in [3.05, 3.63) is 48.0 Å². The van der Waals surface area contributed by atoms with Crippen LogP contribution in [0.4, 0.5) is 10.5 Å². The Hall–Kier alpha value is -2.63. The van der Waals surface area contributed by atoms with Crippen molar-refractivity contribution >= 4 is 17.7 Å². The van der Waals surface area contributed by atoms with Crippen LogP contribution < -0.4 is 5.32 Å². The molecule has 2 N–H and O–H groups in total. The Labute approximate surface area is 103 Å². The van der Waals surface area contributed by atoms with Gasteiger partial charge in [-0.05, 0) is 24.6 Å². The van der Waals surface area contributed by atoms with E-state index in [9.17, 15) is 9.59 Å². The number of carboxylic acids is 1. The standard InChI is InChI=1S/C12H11N3O3/c1-8-9(11(16)17)3-2-4-10(8)14-12(18)15-6-5-13-7-15/h2-7H,1H3,(H,14,18)(H,16,17). The number of aromatic nitrogens is 2. The Kier molecular flexibility index (Phi) is 3.09. The average molecular weight is 245 g/mol. The second kappa shape index (κ2) is 4.70.